The third-order valence-corrected chi connectivity index (χ3v) is 4.17. The van der Waals surface area contributed by atoms with Crippen LogP contribution in [0, 0.1) is 5.92 Å². The normalized spacial score (nSPS) is 18.9. The largest absolute Gasteiger partial charge is 0.103 e. The lowest BCUT2D eigenvalue weighted by Crippen LogP contribution is -2.07. The number of hydrogen-bond acceptors (Lipinski definition) is 0. The third kappa shape index (κ3) is 2.60. The highest BCUT2D eigenvalue weighted by atomic mass is 14.2. The van der Waals surface area contributed by atoms with Crippen LogP contribution in [0.3, 0.4) is 0 Å². The van der Waals surface area contributed by atoms with Crippen LogP contribution in [0.25, 0.3) is 11.1 Å². The van der Waals surface area contributed by atoms with Gasteiger partial charge in [0.2, 0.25) is 0 Å². The molecule has 0 aliphatic heterocycles. The molecule has 0 bridgehead atoms. The lowest BCUT2D eigenvalue weighted by molar-refractivity contribution is 0.603. The Morgan fingerprint density at radius 3 is 1.90 bits per heavy atom. The minimum Gasteiger partial charge on any atom is -0.103 e. The van der Waals surface area contributed by atoms with Crippen LogP contribution in [0.15, 0.2) is 73.3 Å². The van der Waals surface area contributed by atoms with Gasteiger partial charge in [0.15, 0.2) is 0 Å². The first kappa shape index (κ1) is 12.9. The molecule has 0 fully saturated rings. The summed E-state index contributed by atoms with van der Waals surface area (Å²) in [5, 5.41) is 0. The molecule has 0 heteroatoms. The highest BCUT2D eigenvalue weighted by molar-refractivity contribution is 5.91. The van der Waals surface area contributed by atoms with Gasteiger partial charge in [-0.1, -0.05) is 66.7 Å². The van der Waals surface area contributed by atoms with Crippen LogP contribution in [-0.4, -0.2) is 0 Å². The molecule has 0 radical (unpaired) electrons. The first-order valence-electron chi connectivity index (χ1n) is 7.34. The molecule has 2 aromatic rings. The van der Waals surface area contributed by atoms with Crippen LogP contribution in [0.4, 0.5) is 0 Å². The van der Waals surface area contributed by atoms with E-state index in [0.717, 1.165) is 12.8 Å². The summed E-state index contributed by atoms with van der Waals surface area (Å²) >= 11 is 0. The highest BCUT2D eigenvalue weighted by Crippen LogP contribution is 2.40. The average molecular weight is 260 g/mol. The topological polar surface area (TPSA) is 0 Å². The molecule has 0 spiro atoms. The monoisotopic (exact) mass is 260 g/mol. The van der Waals surface area contributed by atoms with Crippen LogP contribution in [-0.2, 0) is 0 Å². The Balaban J connectivity index is 2.09. The Labute approximate surface area is 121 Å². The molecule has 0 aromatic heterocycles. The molecule has 0 saturated heterocycles. The fourth-order valence-electron chi connectivity index (χ4n) is 3.06. The van der Waals surface area contributed by atoms with Crippen molar-refractivity contribution >= 4 is 11.1 Å². The van der Waals surface area contributed by atoms with E-state index in [2.05, 4.69) is 73.3 Å². The van der Waals surface area contributed by atoms with Crippen LogP contribution in [0.2, 0.25) is 0 Å². The molecule has 100 valence electrons. The number of hydrogen-bond donors (Lipinski definition) is 0. The van der Waals surface area contributed by atoms with E-state index in [1.54, 1.807) is 0 Å². The highest BCUT2D eigenvalue weighted by Gasteiger charge is 2.20. The number of allylic oxidation sites excluding steroid dienone is 3. The van der Waals surface area contributed by atoms with Crippen molar-refractivity contribution in [3.8, 4) is 0 Å². The van der Waals surface area contributed by atoms with Gasteiger partial charge in [-0.05, 0) is 47.5 Å². The van der Waals surface area contributed by atoms with E-state index in [-0.39, 0.29) is 0 Å². The molecular weight excluding hydrogens is 240 g/mol. The van der Waals surface area contributed by atoms with E-state index in [4.69, 9.17) is 0 Å². The Bertz CT molecular complexity index is 605. The van der Waals surface area contributed by atoms with E-state index < -0.39 is 0 Å². The molecule has 1 aliphatic carbocycles. The van der Waals surface area contributed by atoms with Gasteiger partial charge in [-0.15, -0.1) is 6.58 Å². The summed E-state index contributed by atoms with van der Waals surface area (Å²) in [5.74, 6) is 0.609. The van der Waals surface area contributed by atoms with Crippen molar-refractivity contribution in [3.63, 3.8) is 0 Å². The quantitative estimate of drug-likeness (QED) is 0.632. The van der Waals surface area contributed by atoms with Crippen molar-refractivity contribution in [1.29, 1.82) is 0 Å². The zero-order chi connectivity index (χ0) is 13.8. The molecule has 0 heterocycles. The predicted octanol–water partition coefficient (Wildman–Crippen LogP) is 5.58. The second kappa shape index (κ2) is 5.92. The van der Waals surface area contributed by atoms with E-state index in [0.29, 0.717) is 5.92 Å². The summed E-state index contributed by atoms with van der Waals surface area (Å²) < 4.78 is 0. The molecule has 0 N–H and O–H groups in total. The Morgan fingerprint density at radius 2 is 1.35 bits per heavy atom. The Hall–Kier alpha value is -2.08. The minimum absolute atomic E-state index is 0.609. The molecule has 2 aromatic carbocycles. The van der Waals surface area contributed by atoms with Gasteiger partial charge in [-0.25, -0.2) is 0 Å². The van der Waals surface area contributed by atoms with Gasteiger partial charge in [0.1, 0.15) is 0 Å². The Kier molecular flexibility index (Phi) is 3.83. The van der Waals surface area contributed by atoms with Gasteiger partial charge in [-0.3, -0.25) is 0 Å². The van der Waals surface area contributed by atoms with Gasteiger partial charge < -0.3 is 0 Å². The lowest BCUT2D eigenvalue weighted by atomic mass is 9.79. The van der Waals surface area contributed by atoms with Crippen molar-refractivity contribution in [3.05, 3.63) is 84.4 Å². The smallest absolute Gasteiger partial charge is 0.0192 e. The fraction of sp³-hybridized carbons (Fsp3) is 0.200. The first-order chi connectivity index (χ1) is 9.88. The Morgan fingerprint density at radius 1 is 0.800 bits per heavy atom. The van der Waals surface area contributed by atoms with E-state index >= 15 is 0 Å². The molecule has 3 rings (SSSR count). The van der Waals surface area contributed by atoms with Crippen LogP contribution < -0.4 is 0 Å². The molecule has 0 nitrogen and oxygen atoms in total. The molecule has 20 heavy (non-hydrogen) atoms. The number of benzene rings is 2. The lowest BCUT2D eigenvalue weighted by Gasteiger charge is -2.26. The van der Waals surface area contributed by atoms with Crippen molar-refractivity contribution in [2.24, 2.45) is 5.92 Å². The molecular formula is C20H20. The second-order valence-electron chi connectivity index (χ2n) is 5.43. The maximum Gasteiger partial charge on any atom is -0.0192 e. The molecule has 1 unspecified atom stereocenters. The summed E-state index contributed by atoms with van der Waals surface area (Å²) in [4.78, 5) is 0. The summed E-state index contributed by atoms with van der Waals surface area (Å²) in [6.45, 7) is 3.99. The molecule has 1 aliphatic rings. The van der Waals surface area contributed by atoms with Crippen LogP contribution >= 0.6 is 0 Å². The minimum atomic E-state index is 0.609. The van der Waals surface area contributed by atoms with Crippen molar-refractivity contribution in [1.82, 2.24) is 0 Å². The standard InChI is InChI=1S/C20H20/c1-2-16-13-14-19(17-9-5-3-6-10-17)20(15-16)18-11-7-4-8-12-18/h2-12,16H,1,13-15H2. The van der Waals surface area contributed by atoms with Crippen LogP contribution in [0.1, 0.15) is 30.4 Å². The summed E-state index contributed by atoms with van der Waals surface area (Å²) in [5.41, 5.74) is 5.73. The maximum absolute atomic E-state index is 3.99. The van der Waals surface area contributed by atoms with E-state index in [9.17, 15) is 0 Å². The second-order valence-corrected chi connectivity index (χ2v) is 5.43. The molecule has 0 saturated carbocycles. The van der Waals surface area contributed by atoms with Crippen molar-refractivity contribution < 1.29 is 0 Å². The van der Waals surface area contributed by atoms with Gasteiger partial charge in [-0.2, -0.15) is 0 Å². The molecule has 1 atom stereocenters. The maximum atomic E-state index is 3.99. The zero-order valence-corrected chi connectivity index (χ0v) is 11.8. The SMILES string of the molecule is C=CC1CCC(c2ccccc2)=C(c2ccccc2)C1. The first-order valence-corrected chi connectivity index (χ1v) is 7.34. The summed E-state index contributed by atoms with van der Waals surface area (Å²) in [6, 6.07) is 21.6. The van der Waals surface area contributed by atoms with Gasteiger partial charge >= 0.3 is 0 Å². The van der Waals surface area contributed by atoms with Crippen LogP contribution in [0.5, 0.6) is 0 Å². The summed E-state index contributed by atoms with van der Waals surface area (Å²) in [6.07, 6.45) is 5.58. The number of rotatable bonds is 3. The van der Waals surface area contributed by atoms with Gasteiger partial charge in [0.25, 0.3) is 0 Å². The van der Waals surface area contributed by atoms with E-state index in [1.165, 1.54) is 28.7 Å². The predicted molar refractivity (Wildman–Crippen MR) is 87.2 cm³/mol. The van der Waals surface area contributed by atoms with Crippen molar-refractivity contribution in [2.75, 3.05) is 0 Å². The summed E-state index contributed by atoms with van der Waals surface area (Å²) in [7, 11) is 0. The van der Waals surface area contributed by atoms with Gasteiger partial charge in [0, 0.05) is 0 Å². The molecule has 0 amide bonds. The zero-order valence-electron chi connectivity index (χ0n) is 11.8. The van der Waals surface area contributed by atoms with E-state index in [1.807, 2.05) is 0 Å². The fourth-order valence-corrected chi connectivity index (χ4v) is 3.06. The van der Waals surface area contributed by atoms with Gasteiger partial charge in [0.05, 0.1) is 0 Å². The third-order valence-electron chi connectivity index (χ3n) is 4.17. The van der Waals surface area contributed by atoms with Crippen molar-refractivity contribution in [2.45, 2.75) is 19.3 Å². The average Bonchev–Trinajstić information content (AvgIpc) is 2.56.